The van der Waals surface area contributed by atoms with Crippen LogP contribution in [0.1, 0.15) is 63.0 Å². The van der Waals surface area contributed by atoms with E-state index in [9.17, 15) is 0 Å². The molecule has 3 nitrogen and oxygen atoms in total. The minimum atomic E-state index is 0.413. The summed E-state index contributed by atoms with van der Waals surface area (Å²) in [6.45, 7) is 13.2. The number of aryl methyl sites for hydroxylation is 2. The Hall–Kier alpha value is -0.830. The third-order valence-electron chi connectivity index (χ3n) is 4.69. The molecular formula is C16H29N3. The molecule has 1 heterocycles. The van der Waals surface area contributed by atoms with Gasteiger partial charge in [0.15, 0.2) is 0 Å². The average Bonchev–Trinajstić information content (AvgIpc) is 2.90. The first-order valence-electron chi connectivity index (χ1n) is 7.80. The van der Waals surface area contributed by atoms with Crippen LogP contribution in [0, 0.1) is 25.7 Å². The van der Waals surface area contributed by atoms with Gasteiger partial charge >= 0.3 is 0 Å². The maximum absolute atomic E-state index is 4.62. The van der Waals surface area contributed by atoms with Crippen LogP contribution >= 0.6 is 0 Å². The van der Waals surface area contributed by atoms with E-state index in [1.165, 1.54) is 36.2 Å². The molecule has 1 aromatic rings. The second kappa shape index (κ2) is 6.08. The molecule has 0 radical (unpaired) electrons. The zero-order valence-electron chi connectivity index (χ0n) is 13.2. The van der Waals surface area contributed by atoms with Crippen molar-refractivity contribution >= 4 is 0 Å². The lowest BCUT2D eigenvalue weighted by molar-refractivity contribution is 0.438. The van der Waals surface area contributed by atoms with E-state index in [4.69, 9.17) is 0 Å². The molecule has 0 aromatic carbocycles. The summed E-state index contributed by atoms with van der Waals surface area (Å²) in [5.74, 6) is 1.80. The second-order valence-corrected chi connectivity index (χ2v) is 6.31. The molecule has 1 fully saturated rings. The first-order chi connectivity index (χ1) is 9.02. The highest BCUT2D eigenvalue weighted by molar-refractivity contribution is 5.27. The highest BCUT2D eigenvalue weighted by Crippen LogP contribution is 2.30. The molecule has 0 saturated heterocycles. The van der Waals surface area contributed by atoms with Gasteiger partial charge in [-0.2, -0.15) is 5.10 Å². The zero-order valence-corrected chi connectivity index (χ0v) is 13.2. The van der Waals surface area contributed by atoms with Gasteiger partial charge in [-0.05, 0) is 58.9 Å². The predicted molar refractivity (Wildman–Crippen MR) is 80.3 cm³/mol. The molecule has 2 rings (SSSR count). The molecule has 0 bridgehead atoms. The Labute approximate surface area is 117 Å². The highest BCUT2D eigenvalue weighted by atomic mass is 15.3. The van der Waals surface area contributed by atoms with Crippen LogP contribution < -0.4 is 5.32 Å². The number of rotatable bonds is 5. The van der Waals surface area contributed by atoms with Gasteiger partial charge in [0.05, 0.1) is 5.69 Å². The number of nitrogens with zero attached hydrogens (tertiary/aromatic N) is 2. The minimum Gasteiger partial charge on any atom is -0.310 e. The van der Waals surface area contributed by atoms with Gasteiger partial charge in [-0.15, -0.1) is 0 Å². The topological polar surface area (TPSA) is 29.9 Å². The molecule has 1 aromatic heterocycles. The third kappa shape index (κ3) is 3.19. The van der Waals surface area contributed by atoms with E-state index < -0.39 is 0 Å². The summed E-state index contributed by atoms with van der Waals surface area (Å²) >= 11 is 0. The van der Waals surface area contributed by atoms with Gasteiger partial charge in [0.1, 0.15) is 0 Å². The van der Waals surface area contributed by atoms with Gasteiger partial charge in [0, 0.05) is 23.8 Å². The average molecular weight is 263 g/mol. The van der Waals surface area contributed by atoms with Crippen molar-refractivity contribution in [3.63, 3.8) is 0 Å². The molecule has 0 spiro atoms. The van der Waals surface area contributed by atoms with E-state index in [0.717, 1.165) is 24.9 Å². The lowest BCUT2D eigenvalue weighted by atomic mass is 10.0. The summed E-state index contributed by atoms with van der Waals surface area (Å²) in [5.41, 5.74) is 3.90. The van der Waals surface area contributed by atoms with Crippen molar-refractivity contribution in [2.75, 3.05) is 6.54 Å². The predicted octanol–water partition coefficient (Wildman–Crippen LogP) is 3.61. The Kier molecular flexibility index (Phi) is 4.67. The van der Waals surface area contributed by atoms with Gasteiger partial charge in [-0.25, -0.2) is 0 Å². The highest BCUT2D eigenvalue weighted by Gasteiger charge is 2.23. The van der Waals surface area contributed by atoms with Crippen LogP contribution in [0.5, 0.6) is 0 Å². The Morgan fingerprint density at radius 1 is 1.37 bits per heavy atom. The van der Waals surface area contributed by atoms with Gasteiger partial charge < -0.3 is 5.32 Å². The van der Waals surface area contributed by atoms with Crippen LogP contribution in [-0.2, 0) is 6.54 Å². The minimum absolute atomic E-state index is 0.413. The quantitative estimate of drug-likeness (QED) is 0.879. The summed E-state index contributed by atoms with van der Waals surface area (Å²) in [5, 5.41) is 8.35. The van der Waals surface area contributed by atoms with Crippen molar-refractivity contribution in [2.24, 2.45) is 11.8 Å². The molecule has 0 aliphatic heterocycles. The number of aromatic nitrogens is 2. The SMILES string of the molecule is CCn1nc(C)c(C(C)NCC2CCC(C)C2)c1C. The molecule has 1 saturated carbocycles. The molecule has 3 heteroatoms. The molecule has 108 valence electrons. The smallest absolute Gasteiger partial charge is 0.0644 e. The molecular weight excluding hydrogens is 234 g/mol. The molecule has 1 aliphatic carbocycles. The first kappa shape index (κ1) is 14.6. The molecule has 1 aliphatic rings. The fourth-order valence-electron chi connectivity index (χ4n) is 3.60. The van der Waals surface area contributed by atoms with Crippen LogP contribution in [0.4, 0.5) is 0 Å². The zero-order chi connectivity index (χ0) is 14.0. The van der Waals surface area contributed by atoms with Gasteiger partial charge in [0.25, 0.3) is 0 Å². The molecule has 3 atom stereocenters. The maximum atomic E-state index is 4.62. The lowest BCUT2D eigenvalue weighted by Crippen LogP contribution is -2.25. The van der Waals surface area contributed by atoms with Gasteiger partial charge in [-0.1, -0.05) is 13.3 Å². The van der Waals surface area contributed by atoms with Crippen molar-refractivity contribution in [1.82, 2.24) is 15.1 Å². The molecule has 1 N–H and O–H groups in total. The Bertz CT molecular complexity index is 422. The molecule has 0 amide bonds. The van der Waals surface area contributed by atoms with Gasteiger partial charge in [0.2, 0.25) is 0 Å². The third-order valence-corrected chi connectivity index (χ3v) is 4.69. The van der Waals surface area contributed by atoms with E-state index in [2.05, 4.69) is 49.7 Å². The number of hydrogen-bond acceptors (Lipinski definition) is 2. The van der Waals surface area contributed by atoms with E-state index in [-0.39, 0.29) is 0 Å². The first-order valence-corrected chi connectivity index (χ1v) is 7.80. The van der Waals surface area contributed by atoms with E-state index >= 15 is 0 Å². The summed E-state index contributed by atoms with van der Waals surface area (Å²) in [4.78, 5) is 0. The normalized spacial score (nSPS) is 24.9. The fourth-order valence-corrected chi connectivity index (χ4v) is 3.60. The van der Waals surface area contributed by atoms with Crippen molar-refractivity contribution < 1.29 is 0 Å². The van der Waals surface area contributed by atoms with Crippen molar-refractivity contribution in [3.8, 4) is 0 Å². The Balaban J connectivity index is 1.96. The fraction of sp³-hybridized carbons (Fsp3) is 0.812. The van der Waals surface area contributed by atoms with E-state index in [1.807, 2.05) is 0 Å². The van der Waals surface area contributed by atoms with Crippen LogP contribution in [0.2, 0.25) is 0 Å². The Morgan fingerprint density at radius 2 is 2.11 bits per heavy atom. The van der Waals surface area contributed by atoms with E-state index in [0.29, 0.717) is 6.04 Å². The summed E-state index contributed by atoms with van der Waals surface area (Å²) < 4.78 is 2.11. The number of nitrogens with one attached hydrogen (secondary N) is 1. The summed E-state index contributed by atoms with van der Waals surface area (Å²) in [7, 11) is 0. The Morgan fingerprint density at radius 3 is 2.63 bits per heavy atom. The molecule has 19 heavy (non-hydrogen) atoms. The summed E-state index contributed by atoms with van der Waals surface area (Å²) in [6, 6.07) is 0.413. The largest absolute Gasteiger partial charge is 0.310 e. The number of hydrogen-bond donors (Lipinski definition) is 1. The van der Waals surface area contributed by atoms with Crippen LogP contribution in [0.25, 0.3) is 0 Å². The lowest BCUT2D eigenvalue weighted by Gasteiger charge is -2.18. The van der Waals surface area contributed by atoms with Crippen LogP contribution in [-0.4, -0.2) is 16.3 Å². The van der Waals surface area contributed by atoms with Crippen LogP contribution in [0.3, 0.4) is 0 Å². The maximum Gasteiger partial charge on any atom is 0.0644 e. The van der Waals surface area contributed by atoms with Crippen LogP contribution in [0.15, 0.2) is 0 Å². The summed E-state index contributed by atoms with van der Waals surface area (Å²) in [6.07, 6.45) is 4.20. The monoisotopic (exact) mass is 263 g/mol. The standard InChI is InChI=1S/C16H29N3/c1-6-19-14(5)16(13(4)18-19)12(3)17-10-15-8-7-11(2)9-15/h11-12,15,17H,6-10H2,1-5H3. The van der Waals surface area contributed by atoms with Crippen molar-refractivity contribution in [1.29, 1.82) is 0 Å². The van der Waals surface area contributed by atoms with Gasteiger partial charge in [-0.3, -0.25) is 4.68 Å². The molecule has 3 unspecified atom stereocenters. The van der Waals surface area contributed by atoms with Crippen molar-refractivity contribution in [3.05, 3.63) is 17.0 Å². The van der Waals surface area contributed by atoms with E-state index in [1.54, 1.807) is 0 Å². The second-order valence-electron chi connectivity index (χ2n) is 6.31. The van der Waals surface area contributed by atoms with Crippen molar-refractivity contribution in [2.45, 2.75) is 66.5 Å².